The van der Waals surface area contributed by atoms with Gasteiger partial charge in [-0.15, -0.1) is 0 Å². The summed E-state index contributed by atoms with van der Waals surface area (Å²) in [6.07, 6.45) is 0.346. The molecule has 3 rings (SSSR count). The van der Waals surface area contributed by atoms with E-state index in [1.807, 2.05) is 17.9 Å². The second kappa shape index (κ2) is 6.98. The van der Waals surface area contributed by atoms with Crippen LogP contribution in [0.5, 0.6) is 0 Å². The molecule has 0 bridgehead atoms. The van der Waals surface area contributed by atoms with E-state index in [0.29, 0.717) is 32.0 Å². The molecule has 2 aliphatic rings. The van der Waals surface area contributed by atoms with E-state index in [1.165, 1.54) is 0 Å². The van der Waals surface area contributed by atoms with Crippen molar-refractivity contribution in [3.63, 3.8) is 0 Å². The molecule has 2 saturated heterocycles. The minimum Gasteiger partial charge on any atom is -0.353 e. The van der Waals surface area contributed by atoms with Crippen molar-refractivity contribution in [3.8, 4) is 0 Å². The van der Waals surface area contributed by atoms with Crippen LogP contribution in [0.3, 0.4) is 0 Å². The monoisotopic (exact) mass is 345 g/mol. The predicted octanol–water partition coefficient (Wildman–Crippen LogP) is 1.04. The molecule has 1 aromatic heterocycles. The number of nitrogens with zero attached hydrogens (tertiary/aromatic N) is 5. The molecule has 2 fully saturated rings. The highest BCUT2D eigenvalue weighted by Gasteiger charge is 2.35. The van der Waals surface area contributed by atoms with E-state index in [4.69, 9.17) is 0 Å². The summed E-state index contributed by atoms with van der Waals surface area (Å²) in [5.41, 5.74) is 0.972. The zero-order chi connectivity index (χ0) is 18.1. The second-order valence-electron chi connectivity index (χ2n) is 7.37. The molecule has 3 heterocycles. The van der Waals surface area contributed by atoms with Crippen LogP contribution in [0.25, 0.3) is 0 Å². The summed E-state index contributed by atoms with van der Waals surface area (Å²) in [4.78, 5) is 39.2. The van der Waals surface area contributed by atoms with Crippen LogP contribution in [-0.2, 0) is 9.59 Å². The Morgan fingerprint density at radius 2 is 1.88 bits per heavy atom. The van der Waals surface area contributed by atoms with Gasteiger partial charge in [0.1, 0.15) is 11.6 Å². The van der Waals surface area contributed by atoms with Crippen LogP contribution in [0.4, 0.5) is 5.82 Å². The first-order valence-electron chi connectivity index (χ1n) is 8.98. The van der Waals surface area contributed by atoms with Crippen LogP contribution in [-0.4, -0.2) is 71.4 Å². The number of carbonyl (C=O) groups excluding carboxylic acids is 2. The Bertz CT molecular complexity index is 667. The Labute approximate surface area is 149 Å². The molecule has 2 aliphatic heterocycles. The summed E-state index contributed by atoms with van der Waals surface area (Å²) in [6, 6.07) is 2.01. The first-order chi connectivity index (χ1) is 11.8. The molecule has 7 heteroatoms. The summed E-state index contributed by atoms with van der Waals surface area (Å²) in [5.74, 6) is 2.09. The van der Waals surface area contributed by atoms with Gasteiger partial charge < -0.3 is 14.7 Å². The minimum atomic E-state index is -0.183. The van der Waals surface area contributed by atoms with Crippen molar-refractivity contribution in [2.75, 3.05) is 44.7 Å². The standard InChI is InChI=1S/C18H27N5O2/c1-12(2)17-19-13(3)9-15(20-17)22-5-7-23(8-6-22)18(25)14-10-16(24)21(4)11-14/h9,12,14H,5-8,10-11H2,1-4H3/t14-/m0/s1. The average Bonchev–Trinajstić information content (AvgIpc) is 2.93. The fourth-order valence-corrected chi connectivity index (χ4v) is 3.44. The van der Waals surface area contributed by atoms with Crippen LogP contribution in [0.1, 0.15) is 37.7 Å². The number of anilines is 1. The van der Waals surface area contributed by atoms with Crippen molar-refractivity contribution in [1.29, 1.82) is 0 Å². The predicted molar refractivity (Wildman–Crippen MR) is 95.4 cm³/mol. The molecule has 0 saturated carbocycles. The smallest absolute Gasteiger partial charge is 0.228 e. The molecule has 2 amide bonds. The van der Waals surface area contributed by atoms with E-state index in [2.05, 4.69) is 28.7 Å². The van der Waals surface area contributed by atoms with Gasteiger partial charge in [-0.2, -0.15) is 0 Å². The third-order valence-electron chi connectivity index (χ3n) is 4.98. The molecule has 7 nitrogen and oxygen atoms in total. The lowest BCUT2D eigenvalue weighted by molar-refractivity contribution is -0.136. The Kier molecular flexibility index (Phi) is 4.92. The second-order valence-corrected chi connectivity index (χ2v) is 7.37. The van der Waals surface area contributed by atoms with E-state index >= 15 is 0 Å². The fraction of sp³-hybridized carbons (Fsp3) is 0.667. The largest absolute Gasteiger partial charge is 0.353 e. The molecule has 0 unspecified atom stereocenters. The van der Waals surface area contributed by atoms with Crippen LogP contribution in [0.2, 0.25) is 0 Å². The number of aromatic nitrogens is 2. The molecule has 136 valence electrons. The minimum absolute atomic E-state index is 0.0645. The van der Waals surface area contributed by atoms with Crippen molar-refractivity contribution in [2.24, 2.45) is 5.92 Å². The van der Waals surface area contributed by atoms with Gasteiger partial charge in [0.15, 0.2) is 0 Å². The van der Waals surface area contributed by atoms with E-state index < -0.39 is 0 Å². The number of aryl methyl sites for hydroxylation is 1. The summed E-state index contributed by atoms with van der Waals surface area (Å²) >= 11 is 0. The molecule has 25 heavy (non-hydrogen) atoms. The number of likely N-dealkylation sites (tertiary alicyclic amines) is 1. The van der Waals surface area contributed by atoms with E-state index in [9.17, 15) is 9.59 Å². The van der Waals surface area contributed by atoms with Crippen LogP contribution in [0.15, 0.2) is 6.07 Å². The molecule has 1 atom stereocenters. The van der Waals surface area contributed by atoms with Gasteiger partial charge in [-0.1, -0.05) is 13.8 Å². The first kappa shape index (κ1) is 17.6. The molecule has 0 N–H and O–H groups in total. The van der Waals surface area contributed by atoms with Crippen molar-refractivity contribution in [3.05, 3.63) is 17.6 Å². The van der Waals surface area contributed by atoms with Crippen LogP contribution >= 0.6 is 0 Å². The average molecular weight is 345 g/mol. The van der Waals surface area contributed by atoms with Crippen molar-refractivity contribution >= 4 is 17.6 Å². The normalized spacial score (nSPS) is 21.4. The molecule has 1 aromatic rings. The molecule has 0 aliphatic carbocycles. The maximum atomic E-state index is 12.6. The SMILES string of the molecule is Cc1cc(N2CCN(C(=O)[C@H]3CC(=O)N(C)C3)CC2)nc(C(C)C)n1. The lowest BCUT2D eigenvalue weighted by Crippen LogP contribution is -2.51. The topological polar surface area (TPSA) is 69.6 Å². The van der Waals surface area contributed by atoms with Gasteiger partial charge in [0.05, 0.1) is 5.92 Å². The fourth-order valence-electron chi connectivity index (χ4n) is 3.44. The highest BCUT2D eigenvalue weighted by Crippen LogP contribution is 2.22. The maximum Gasteiger partial charge on any atom is 0.228 e. The summed E-state index contributed by atoms with van der Waals surface area (Å²) in [6.45, 7) is 9.59. The molecular weight excluding hydrogens is 318 g/mol. The Morgan fingerprint density at radius 1 is 1.20 bits per heavy atom. The van der Waals surface area contributed by atoms with Gasteiger partial charge >= 0.3 is 0 Å². The molecule has 0 spiro atoms. The van der Waals surface area contributed by atoms with Gasteiger partial charge in [0.2, 0.25) is 11.8 Å². The van der Waals surface area contributed by atoms with E-state index in [-0.39, 0.29) is 17.7 Å². The summed E-state index contributed by atoms with van der Waals surface area (Å²) in [7, 11) is 1.76. The summed E-state index contributed by atoms with van der Waals surface area (Å²) < 4.78 is 0. The zero-order valence-electron chi connectivity index (χ0n) is 15.5. The van der Waals surface area contributed by atoms with Gasteiger partial charge in [0.25, 0.3) is 0 Å². The molecule has 0 radical (unpaired) electrons. The summed E-state index contributed by atoms with van der Waals surface area (Å²) in [5, 5.41) is 0. The number of rotatable bonds is 3. The van der Waals surface area contributed by atoms with Gasteiger partial charge in [0, 0.05) is 63.9 Å². The Hall–Kier alpha value is -2.18. The molecule has 0 aromatic carbocycles. The van der Waals surface area contributed by atoms with E-state index in [0.717, 1.165) is 30.4 Å². The number of piperazine rings is 1. The van der Waals surface area contributed by atoms with Gasteiger partial charge in [-0.25, -0.2) is 9.97 Å². The quantitative estimate of drug-likeness (QED) is 0.818. The van der Waals surface area contributed by atoms with Crippen molar-refractivity contribution in [1.82, 2.24) is 19.8 Å². The van der Waals surface area contributed by atoms with Gasteiger partial charge in [-0.05, 0) is 6.92 Å². The Balaban J connectivity index is 1.62. The number of carbonyl (C=O) groups is 2. The van der Waals surface area contributed by atoms with Crippen molar-refractivity contribution in [2.45, 2.75) is 33.1 Å². The lowest BCUT2D eigenvalue weighted by Gasteiger charge is -2.36. The third-order valence-corrected chi connectivity index (χ3v) is 4.98. The maximum absolute atomic E-state index is 12.6. The van der Waals surface area contributed by atoms with Crippen LogP contribution in [0, 0.1) is 12.8 Å². The Morgan fingerprint density at radius 3 is 2.44 bits per heavy atom. The number of amides is 2. The highest BCUT2D eigenvalue weighted by atomic mass is 16.2. The van der Waals surface area contributed by atoms with Crippen LogP contribution < -0.4 is 4.90 Å². The lowest BCUT2D eigenvalue weighted by atomic mass is 10.1. The number of hydrogen-bond acceptors (Lipinski definition) is 5. The molecular formula is C18H27N5O2. The zero-order valence-corrected chi connectivity index (χ0v) is 15.5. The van der Waals surface area contributed by atoms with E-state index in [1.54, 1.807) is 11.9 Å². The van der Waals surface area contributed by atoms with Gasteiger partial charge in [-0.3, -0.25) is 9.59 Å². The number of hydrogen-bond donors (Lipinski definition) is 0. The highest BCUT2D eigenvalue weighted by molar-refractivity contribution is 5.89. The first-order valence-corrected chi connectivity index (χ1v) is 8.98. The third kappa shape index (κ3) is 3.75. The van der Waals surface area contributed by atoms with Crippen molar-refractivity contribution < 1.29 is 9.59 Å².